The van der Waals surface area contributed by atoms with Gasteiger partial charge in [0, 0.05) is 11.0 Å². The SMILES string of the molecule is CCCCCC[N]C(=O)c1ccccc1Br. The summed E-state index contributed by atoms with van der Waals surface area (Å²) in [5.41, 5.74) is 0.651. The summed E-state index contributed by atoms with van der Waals surface area (Å²) < 4.78 is 0.817. The first-order valence-electron chi connectivity index (χ1n) is 5.72. The van der Waals surface area contributed by atoms with Crippen LogP contribution in [0.1, 0.15) is 43.0 Å². The fourth-order valence-corrected chi connectivity index (χ4v) is 1.89. The number of carbonyl (C=O) groups is 1. The Labute approximate surface area is 106 Å². The Bertz CT molecular complexity index is 338. The first kappa shape index (κ1) is 13.2. The average molecular weight is 283 g/mol. The standard InChI is InChI=1S/C13H17BrNO/c1-2-3-4-7-10-15-13(16)11-8-5-6-9-12(11)14/h5-6,8-9H,2-4,7,10H2,1H3. The third-order valence-corrected chi connectivity index (χ3v) is 3.06. The van der Waals surface area contributed by atoms with Gasteiger partial charge in [-0.2, -0.15) is 0 Å². The zero-order valence-corrected chi connectivity index (χ0v) is 11.2. The maximum absolute atomic E-state index is 11.7. The molecule has 87 valence electrons. The van der Waals surface area contributed by atoms with Crippen LogP contribution in [0, 0.1) is 0 Å². The van der Waals surface area contributed by atoms with Crippen LogP contribution in [0.5, 0.6) is 0 Å². The summed E-state index contributed by atoms with van der Waals surface area (Å²) in [5.74, 6) is -0.121. The van der Waals surface area contributed by atoms with Gasteiger partial charge in [0.05, 0.1) is 5.56 Å². The van der Waals surface area contributed by atoms with E-state index in [-0.39, 0.29) is 5.91 Å². The average Bonchev–Trinajstić information content (AvgIpc) is 2.29. The third kappa shape index (κ3) is 4.35. The van der Waals surface area contributed by atoms with Crippen LogP contribution in [0.4, 0.5) is 0 Å². The maximum atomic E-state index is 11.7. The summed E-state index contributed by atoms with van der Waals surface area (Å²) in [6.45, 7) is 2.81. The van der Waals surface area contributed by atoms with Crippen molar-refractivity contribution in [3.05, 3.63) is 34.3 Å². The molecule has 1 amide bonds. The molecule has 16 heavy (non-hydrogen) atoms. The highest BCUT2D eigenvalue weighted by Gasteiger charge is 2.09. The minimum Gasteiger partial charge on any atom is -0.267 e. The number of hydrogen-bond acceptors (Lipinski definition) is 1. The van der Waals surface area contributed by atoms with E-state index in [1.165, 1.54) is 12.8 Å². The number of benzene rings is 1. The van der Waals surface area contributed by atoms with Crippen molar-refractivity contribution in [3.63, 3.8) is 0 Å². The molecule has 0 fully saturated rings. The van der Waals surface area contributed by atoms with Crippen molar-refractivity contribution >= 4 is 21.8 Å². The van der Waals surface area contributed by atoms with Crippen LogP contribution in [0.25, 0.3) is 0 Å². The molecule has 0 saturated heterocycles. The molecule has 0 bridgehead atoms. The second-order valence-corrected chi connectivity index (χ2v) is 4.58. The molecular weight excluding hydrogens is 266 g/mol. The monoisotopic (exact) mass is 282 g/mol. The molecule has 3 heteroatoms. The minimum absolute atomic E-state index is 0.121. The summed E-state index contributed by atoms with van der Waals surface area (Å²) in [5, 5.41) is 4.06. The predicted octanol–water partition coefficient (Wildman–Crippen LogP) is 3.77. The fraction of sp³-hybridized carbons (Fsp3) is 0.462. The van der Waals surface area contributed by atoms with E-state index in [1.54, 1.807) is 6.07 Å². The summed E-state index contributed by atoms with van der Waals surface area (Å²) in [6, 6.07) is 7.40. The van der Waals surface area contributed by atoms with Crippen molar-refractivity contribution < 1.29 is 4.79 Å². The summed E-state index contributed by atoms with van der Waals surface area (Å²) in [7, 11) is 0. The predicted molar refractivity (Wildman–Crippen MR) is 69.6 cm³/mol. The Kier molecular flexibility index (Phi) is 6.16. The topological polar surface area (TPSA) is 31.2 Å². The Hall–Kier alpha value is -0.830. The second kappa shape index (κ2) is 7.44. The lowest BCUT2D eigenvalue weighted by molar-refractivity contribution is 0.0947. The van der Waals surface area contributed by atoms with Gasteiger partial charge in [0.25, 0.3) is 5.91 Å². The number of unbranched alkanes of at least 4 members (excludes halogenated alkanes) is 3. The van der Waals surface area contributed by atoms with Crippen LogP contribution < -0.4 is 5.32 Å². The maximum Gasteiger partial charge on any atom is 0.273 e. The largest absolute Gasteiger partial charge is 0.273 e. The molecule has 0 aliphatic carbocycles. The number of carbonyl (C=O) groups excluding carboxylic acids is 1. The molecule has 0 heterocycles. The molecule has 0 N–H and O–H groups in total. The van der Waals surface area contributed by atoms with Crippen molar-refractivity contribution in [3.8, 4) is 0 Å². The first-order chi connectivity index (χ1) is 7.75. The lowest BCUT2D eigenvalue weighted by Crippen LogP contribution is -2.17. The number of amides is 1. The first-order valence-corrected chi connectivity index (χ1v) is 6.51. The summed E-state index contributed by atoms with van der Waals surface area (Å²) >= 11 is 3.35. The molecule has 1 radical (unpaired) electrons. The van der Waals surface area contributed by atoms with Crippen molar-refractivity contribution in [1.29, 1.82) is 0 Å². The van der Waals surface area contributed by atoms with Crippen LogP contribution >= 0.6 is 15.9 Å². The highest BCUT2D eigenvalue weighted by molar-refractivity contribution is 9.10. The van der Waals surface area contributed by atoms with Gasteiger partial charge in [0.15, 0.2) is 0 Å². The molecule has 0 atom stereocenters. The molecule has 1 rings (SSSR count). The van der Waals surface area contributed by atoms with Gasteiger partial charge >= 0.3 is 0 Å². The van der Waals surface area contributed by atoms with Crippen LogP contribution in [-0.2, 0) is 0 Å². The van der Waals surface area contributed by atoms with Crippen LogP contribution in [-0.4, -0.2) is 12.5 Å². The molecule has 1 aromatic rings. The molecule has 0 aliphatic rings. The Morgan fingerprint density at radius 2 is 2.00 bits per heavy atom. The highest BCUT2D eigenvalue weighted by atomic mass is 79.9. The smallest absolute Gasteiger partial charge is 0.267 e. The Balaban J connectivity index is 2.33. The van der Waals surface area contributed by atoms with E-state index in [4.69, 9.17) is 0 Å². The molecule has 0 spiro atoms. The Morgan fingerprint density at radius 1 is 1.25 bits per heavy atom. The van der Waals surface area contributed by atoms with E-state index in [0.717, 1.165) is 17.3 Å². The lowest BCUT2D eigenvalue weighted by Gasteiger charge is -2.03. The lowest BCUT2D eigenvalue weighted by atomic mass is 10.2. The summed E-state index contributed by atoms with van der Waals surface area (Å²) in [4.78, 5) is 11.7. The fourth-order valence-electron chi connectivity index (χ4n) is 1.44. The molecule has 1 aromatic carbocycles. The van der Waals surface area contributed by atoms with Gasteiger partial charge in [-0.05, 0) is 34.5 Å². The van der Waals surface area contributed by atoms with E-state index in [2.05, 4.69) is 28.2 Å². The van der Waals surface area contributed by atoms with Crippen molar-refractivity contribution in [2.45, 2.75) is 32.6 Å². The van der Waals surface area contributed by atoms with E-state index < -0.39 is 0 Å². The Morgan fingerprint density at radius 3 is 2.69 bits per heavy atom. The van der Waals surface area contributed by atoms with Crippen LogP contribution in [0.15, 0.2) is 28.7 Å². The van der Waals surface area contributed by atoms with Gasteiger partial charge in [0.1, 0.15) is 0 Å². The molecule has 0 unspecified atom stereocenters. The van der Waals surface area contributed by atoms with E-state index in [1.807, 2.05) is 18.2 Å². The zero-order chi connectivity index (χ0) is 11.8. The highest BCUT2D eigenvalue weighted by Crippen LogP contribution is 2.15. The quantitative estimate of drug-likeness (QED) is 0.731. The molecule has 0 aromatic heterocycles. The molecule has 2 nitrogen and oxygen atoms in total. The third-order valence-electron chi connectivity index (χ3n) is 2.37. The van der Waals surface area contributed by atoms with Crippen molar-refractivity contribution in [2.75, 3.05) is 6.54 Å². The molecule has 0 aliphatic heterocycles. The van der Waals surface area contributed by atoms with E-state index in [9.17, 15) is 4.79 Å². The minimum atomic E-state index is -0.121. The van der Waals surface area contributed by atoms with Gasteiger partial charge in [0.2, 0.25) is 0 Å². The molecule has 0 saturated carbocycles. The van der Waals surface area contributed by atoms with Gasteiger partial charge in [-0.25, -0.2) is 5.32 Å². The number of hydrogen-bond donors (Lipinski definition) is 0. The summed E-state index contributed by atoms with van der Waals surface area (Å²) in [6.07, 6.45) is 4.59. The number of nitrogens with zero attached hydrogens (tertiary/aromatic N) is 1. The van der Waals surface area contributed by atoms with Crippen molar-refractivity contribution in [1.82, 2.24) is 5.32 Å². The number of rotatable bonds is 6. The van der Waals surface area contributed by atoms with Crippen LogP contribution in [0.3, 0.4) is 0 Å². The van der Waals surface area contributed by atoms with Crippen LogP contribution in [0.2, 0.25) is 0 Å². The number of halogens is 1. The van der Waals surface area contributed by atoms with Gasteiger partial charge in [-0.1, -0.05) is 38.3 Å². The van der Waals surface area contributed by atoms with Gasteiger partial charge in [-0.15, -0.1) is 0 Å². The normalized spacial score (nSPS) is 10.1. The van der Waals surface area contributed by atoms with Crippen molar-refractivity contribution in [2.24, 2.45) is 0 Å². The van der Waals surface area contributed by atoms with Gasteiger partial charge < -0.3 is 0 Å². The zero-order valence-electron chi connectivity index (χ0n) is 9.58. The van der Waals surface area contributed by atoms with E-state index in [0.29, 0.717) is 12.1 Å². The molecular formula is C13H17BrNO. The van der Waals surface area contributed by atoms with E-state index >= 15 is 0 Å². The van der Waals surface area contributed by atoms with Gasteiger partial charge in [-0.3, -0.25) is 4.79 Å². The second-order valence-electron chi connectivity index (χ2n) is 3.73.